The summed E-state index contributed by atoms with van der Waals surface area (Å²) in [6.07, 6.45) is 27.3. The van der Waals surface area contributed by atoms with Crippen LogP contribution in [0.1, 0.15) is 117 Å². The second-order valence-electron chi connectivity index (χ2n) is 8.83. The Bertz CT molecular complexity index is 340. The van der Waals surface area contributed by atoms with Crippen LogP contribution in [0.5, 0.6) is 0 Å². The van der Waals surface area contributed by atoms with Crippen LogP contribution in [-0.2, 0) is 4.74 Å². The molecule has 2 aliphatic carbocycles. The third kappa shape index (κ3) is 8.18. The van der Waals surface area contributed by atoms with E-state index in [1.807, 2.05) is 6.26 Å². The van der Waals surface area contributed by atoms with Gasteiger partial charge in [-0.1, -0.05) is 71.6 Å². The van der Waals surface area contributed by atoms with E-state index in [9.17, 15) is 0 Å². The molecule has 25 heavy (non-hydrogen) atoms. The van der Waals surface area contributed by atoms with Crippen LogP contribution in [-0.4, -0.2) is 6.10 Å². The van der Waals surface area contributed by atoms with Crippen LogP contribution in [0.15, 0.2) is 12.3 Å². The van der Waals surface area contributed by atoms with Gasteiger partial charge in [0, 0.05) is 0 Å². The van der Waals surface area contributed by atoms with Gasteiger partial charge in [0.25, 0.3) is 0 Å². The first kappa shape index (κ1) is 20.8. The zero-order valence-electron chi connectivity index (χ0n) is 17.2. The molecule has 0 amide bonds. The Hall–Kier alpha value is -0.460. The summed E-state index contributed by atoms with van der Waals surface area (Å²) < 4.78 is 6.03. The fourth-order valence-corrected chi connectivity index (χ4v) is 5.12. The topological polar surface area (TPSA) is 9.23 Å². The van der Waals surface area contributed by atoms with Crippen molar-refractivity contribution in [3.05, 3.63) is 12.3 Å². The maximum absolute atomic E-state index is 6.03. The van der Waals surface area contributed by atoms with E-state index in [1.54, 1.807) is 0 Å². The highest BCUT2D eigenvalue weighted by Crippen LogP contribution is 2.41. The predicted molar refractivity (Wildman–Crippen MR) is 110 cm³/mol. The second-order valence-corrected chi connectivity index (χ2v) is 8.83. The first-order valence-corrected chi connectivity index (χ1v) is 11.6. The molecule has 0 aromatic rings. The molecule has 0 aromatic carbocycles. The summed E-state index contributed by atoms with van der Waals surface area (Å²) in [5.41, 5.74) is 0. The van der Waals surface area contributed by atoms with E-state index in [4.69, 9.17) is 4.74 Å². The predicted octanol–water partition coefficient (Wildman–Crippen LogP) is 8.04. The molecule has 0 bridgehead atoms. The summed E-state index contributed by atoms with van der Waals surface area (Å²) in [4.78, 5) is 0. The van der Waals surface area contributed by atoms with E-state index < -0.39 is 0 Å². The highest BCUT2D eigenvalue weighted by Gasteiger charge is 2.31. The molecular weight excluding hydrogens is 304 g/mol. The zero-order chi connectivity index (χ0) is 17.7. The number of hydrogen-bond donors (Lipinski definition) is 0. The van der Waals surface area contributed by atoms with Gasteiger partial charge in [0.2, 0.25) is 0 Å². The minimum absolute atomic E-state index is 0.503. The molecular formula is C24H44O. The lowest BCUT2D eigenvalue weighted by atomic mass is 9.70. The first-order valence-electron chi connectivity index (χ1n) is 11.6. The molecule has 2 saturated carbocycles. The average molecular weight is 349 g/mol. The molecule has 0 aliphatic heterocycles. The van der Waals surface area contributed by atoms with Gasteiger partial charge in [0.05, 0.1) is 12.4 Å². The maximum Gasteiger partial charge on any atom is 0.0981 e. The van der Waals surface area contributed by atoms with Crippen LogP contribution in [0, 0.1) is 17.8 Å². The summed E-state index contributed by atoms with van der Waals surface area (Å²) in [6, 6.07) is 0. The Morgan fingerprint density at radius 1 is 0.800 bits per heavy atom. The number of rotatable bonds is 11. The Kier molecular flexibility index (Phi) is 10.7. The number of ether oxygens (including phenoxy) is 1. The van der Waals surface area contributed by atoms with Crippen LogP contribution in [0.3, 0.4) is 0 Å². The largest absolute Gasteiger partial charge is 0.498 e. The summed E-state index contributed by atoms with van der Waals surface area (Å²) in [6.45, 7) is 4.53. The number of allylic oxidation sites excluding steroid dienone is 1. The second kappa shape index (κ2) is 12.8. The summed E-state index contributed by atoms with van der Waals surface area (Å²) in [5.74, 6) is 3.00. The fraction of sp³-hybridized carbons (Fsp3) is 0.917. The lowest BCUT2D eigenvalue weighted by Gasteiger charge is -2.38. The van der Waals surface area contributed by atoms with Crippen LogP contribution in [0.2, 0.25) is 0 Å². The summed E-state index contributed by atoms with van der Waals surface area (Å²) in [5, 5.41) is 0. The van der Waals surface area contributed by atoms with Gasteiger partial charge in [-0.25, -0.2) is 0 Å². The standard InChI is InChI=1S/C24H44O/c1-3-5-7-8-9-12-21-15-17-22(18-16-21)23-13-11-14-24(20-23)25-19-10-6-4-2/h10,19,21-24H,3-9,11-18,20H2,1-2H3/t21?,22?,23-,24-/m1/s1. The molecule has 0 N–H and O–H groups in total. The van der Waals surface area contributed by atoms with Gasteiger partial charge in [-0.2, -0.15) is 0 Å². The molecule has 0 aromatic heterocycles. The van der Waals surface area contributed by atoms with Crippen molar-refractivity contribution >= 4 is 0 Å². The van der Waals surface area contributed by atoms with E-state index in [2.05, 4.69) is 19.9 Å². The quantitative estimate of drug-likeness (QED) is 0.271. The van der Waals surface area contributed by atoms with Gasteiger partial charge in [-0.05, 0) is 68.8 Å². The lowest BCUT2D eigenvalue weighted by Crippen LogP contribution is -2.29. The molecule has 0 saturated heterocycles. The zero-order valence-corrected chi connectivity index (χ0v) is 17.2. The van der Waals surface area contributed by atoms with Gasteiger partial charge in [0.15, 0.2) is 0 Å². The van der Waals surface area contributed by atoms with Crippen LogP contribution in [0.25, 0.3) is 0 Å². The summed E-state index contributed by atoms with van der Waals surface area (Å²) in [7, 11) is 0. The van der Waals surface area contributed by atoms with Crippen LogP contribution in [0.4, 0.5) is 0 Å². The Morgan fingerprint density at radius 3 is 2.36 bits per heavy atom. The number of unbranched alkanes of at least 4 members (excludes halogenated alkanes) is 5. The van der Waals surface area contributed by atoms with E-state index in [0.29, 0.717) is 6.10 Å². The van der Waals surface area contributed by atoms with E-state index in [0.717, 1.165) is 24.2 Å². The first-order chi connectivity index (χ1) is 12.3. The molecule has 0 radical (unpaired) electrons. The fourth-order valence-electron chi connectivity index (χ4n) is 5.12. The number of hydrogen-bond acceptors (Lipinski definition) is 1. The van der Waals surface area contributed by atoms with Crippen molar-refractivity contribution in [2.75, 3.05) is 0 Å². The van der Waals surface area contributed by atoms with Crippen molar-refractivity contribution in [2.24, 2.45) is 17.8 Å². The van der Waals surface area contributed by atoms with Crippen molar-refractivity contribution in [2.45, 2.75) is 123 Å². The van der Waals surface area contributed by atoms with Gasteiger partial charge < -0.3 is 4.74 Å². The van der Waals surface area contributed by atoms with Gasteiger partial charge in [-0.3, -0.25) is 0 Å². The smallest absolute Gasteiger partial charge is 0.0981 e. The highest BCUT2D eigenvalue weighted by atomic mass is 16.5. The van der Waals surface area contributed by atoms with Crippen LogP contribution >= 0.6 is 0 Å². The molecule has 2 aliphatic rings. The molecule has 146 valence electrons. The lowest BCUT2D eigenvalue weighted by molar-refractivity contribution is 0.0510. The average Bonchev–Trinajstić information content (AvgIpc) is 2.66. The van der Waals surface area contributed by atoms with E-state index in [-0.39, 0.29) is 0 Å². The van der Waals surface area contributed by atoms with E-state index >= 15 is 0 Å². The molecule has 2 rings (SSSR count). The highest BCUT2D eigenvalue weighted by molar-refractivity contribution is 4.84. The summed E-state index contributed by atoms with van der Waals surface area (Å²) >= 11 is 0. The molecule has 1 heteroatoms. The molecule has 0 unspecified atom stereocenters. The third-order valence-electron chi connectivity index (χ3n) is 6.76. The monoisotopic (exact) mass is 348 g/mol. The normalized spacial score (nSPS) is 30.6. The van der Waals surface area contributed by atoms with Gasteiger partial charge >= 0.3 is 0 Å². The van der Waals surface area contributed by atoms with Crippen molar-refractivity contribution in [3.8, 4) is 0 Å². The Balaban J connectivity index is 1.61. The maximum atomic E-state index is 6.03. The van der Waals surface area contributed by atoms with Gasteiger partial charge in [-0.15, -0.1) is 0 Å². The Morgan fingerprint density at radius 2 is 1.60 bits per heavy atom. The van der Waals surface area contributed by atoms with Crippen molar-refractivity contribution in [3.63, 3.8) is 0 Å². The molecule has 2 atom stereocenters. The SMILES string of the molecule is CCCC=CO[C@@H]1CCC[C@@H](C2CCC(CCCCCCC)CC2)C1. The van der Waals surface area contributed by atoms with Crippen molar-refractivity contribution in [1.29, 1.82) is 0 Å². The van der Waals surface area contributed by atoms with Crippen molar-refractivity contribution < 1.29 is 4.74 Å². The Labute approximate surface area is 158 Å². The van der Waals surface area contributed by atoms with Crippen LogP contribution < -0.4 is 0 Å². The molecule has 2 fully saturated rings. The van der Waals surface area contributed by atoms with Crippen molar-refractivity contribution in [1.82, 2.24) is 0 Å². The molecule has 0 spiro atoms. The third-order valence-corrected chi connectivity index (χ3v) is 6.76. The minimum atomic E-state index is 0.503. The minimum Gasteiger partial charge on any atom is -0.498 e. The van der Waals surface area contributed by atoms with Gasteiger partial charge in [0.1, 0.15) is 0 Å². The molecule has 0 heterocycles. The van der Waals surface area contributed by atoms with E-state index in [1.165, 1.54) is 96.3 Å². The molecule has 1 nitrogen and oxygen atoms in total.